The summed E-state index contributed by atoms with van der Waals surface area (Å²) in [7, 11) is 1.82. The van der Waals surface area contributed by atoms with Crippen LogP contribution in [0.5, 0.6) is 0 Å². The second kappa shape index (κ2) is 6.12. The Bertz CT molecular complexity index is 329. The number of ether oxygens (including phenoxy) is 1. The standard InChI is InChI=1S/C14H22N2O/c1-11-3-4-12(9-15-11)10-16-13-5-7-14(17-2)8-6-13/h3-4,9,13-14,16H,5-8,10H2,1-2H3. The first-order valence-corrected chi connectivity index (χ1v) is 6.45. The number of rotatable bonds is 4. The first-order valence-electron chi connectivity index (χ1n) is 6.45. The summed E-state index contributed by atoms with van der Waals surface area (Å²) in [5.41, 5.74) is 2.35. The quantitative estimate of drug-likeness (QED) is 0.869. The molecular weight excluding hydrogens is 212 g/mol. The van der Waals surface area contributed by atoms with Crippen molar-refractivity contribution >= 4 is 0 Å². The Hall–Kier alpha value is -0.930. The van der Waals surface area contributed by atoms with Crippen LogP contribution in [-0.4, -0.2) is 24.2 Å². The lowest BCUT2D eigenvalue weighted by Gasteiger charge is -2.28. The molecule has 0 saturated heterocycles. The van der Waals surface area contributed by atoms with Crippen molar-refractivity contribution in [2.45, 2.75) is 51.3 Å². The molecule has 1 aromatic heterocycles. The maximum atomic E-state index is 5.38. The predicted molar refractivity (Wildman–Crippen MR) is 68.9 cm³/mol. The van der Waals surface area contributed by atoms with E-state index in [-0.39, 0.29) is 0 Å². The van der Waals surface area contributed by atoms with Gasteiger partial charge in [-0.05, 0) is 44.2 Å². The zero-order valence-corrected chi connectivity index (χ0v) is 10.8. The number of methoxy groups -OCH3 is 1. The van der Waals surface area contributed by atoms with Gasteiger partial charge in [-0.15, -0.1) is 0 Å². The van der Waals surface area contributed by atoms with Gasteiger partial charge < -0.3 is 10.1 Å². The second-order valence-electron chi connectivity index (χ2n) is 4.90. The zero-order chi connectivity index (χ0) is 12.1. The molecule has 1 aliphatic rings. The van der Waals surface area contributed by atoms with Gasteiger partial charge in [0.15, 0.2) is 0 Å². The van der Waals surface area contributed by atoms with E-state index in [2.05, 4.69) is 22.4 Å². The molecule has 3 nitrogen and oxygen atoms in total. The molecule has 0 aliphatic heterocycles. The summed E-state index contributed by atoms with van der Waals surface area (Å²) in [5.74, 6) is 0. The molecular formula is C14H22N2O. The molecule has 1 aromatic rings. The van der Waals surface area contributed by atoms with Crippen molar-refractivity contribution in [2.75, 3.05) is 7.11 Å². The highest BCUT2D eigenvalue weighted by atomic mass is 16.5. The third-order valence-electron chi connectivity index (χ3n) is 3.58. The van der Waals surface area contributed by atoms with Crippen molar-refractivity contribution in [1.29, 1.82) is 0 Å². The molecule has 0 bridgehead atoms. The monoisotopic (exact) mass is 234 g/mol. The highest BCUT2D eigenvalue weighted by molar-refractivity contribution is 5.12. The van der Waals surface area contributed by atoms with Crippen molar-refractivity contribution < 1.29 is 4.74 Å². The van der Waals surface area contributed by atoms with Crippen LogP contribution in [-0.2, 0) is 11.3 Å². The zero-order valence-electron chi connectivity index (χ0n) is 10.8. The van der Waals surface area contributed by atoms with Crippen LogP contribution < -0.4 is 5.32 Å². The summed E-state index contributed by atoms with van der Waals surface area (Å²) in [6.07, 6.45) is 7.24. The number of aromatic nitrogens is 1. The van der Waals surface area contributed by atoms with E-state index in [1.54, 1.807) is 0 Å². The van der Waals surface area contributed by atoms with Crippen LogP contribution in [0.15, 0.2) is 18.3 Å². The summed E-state index contributed by atoms with van der Waals surface area (Å²) in [5, 5.41) is 3.61. The molecule has 2 rings (SSSR count). The number of nitrogens with zero attached hydrogens (tertiary/aromatic N) is 1. The first kappa shape index (κ1) is 12.5. The van der Waals surface area contributed by atoms with Crippen LogP contribution in [0.2, 0.25) is 0 Å². The van der Waals surface area contributed by atoms with E-state index in [1.807, 2.05) is 20.2 Å². The van der Waals surface area contributed by atoms with Crippen molar-refractivity contribution in [3.63, 3.8) is 0 Å². The topological polar surface area (TPSA) is 34.1 Å². The fraction of sp³-hybridized carbons (Fsp3) is 0.643. The van der Waals surface area contributed by atoms with Crippen molar-refractivity contribution in [1.82, 2.24) is 10.3 Å². The maximum Gasteiger partial charge on any atom is 0.0572 e. The molecule has 1 saturated carbocycles. The van der Waals surface area contributed by atoms with E-state index in [0.717, 1.165) is 12.2 Å². The normalized spacial score (nSPS) is 24.8. The van der Waals surface area contributed by atoms with E-state index in [1.165, 1.54) is 31.2 Å². The van der Waals surface area contributed by atoms with Crippen LogP contribution >= 0.6 is 0 Å². The number of hydrogen-bond acceptors (Lipinski definition) is 3. The van der Waals surface area contributed by atoms with Crippen LogP contribution in [0, 0.1) is 6.92 Å². The van der Waals surface area contributed by atoms with Gasteiger partial charge in [-0.25, -0.2) is 0 Å². The van der Waals surface area contributed by atoms with Gasteiger partial charge in [0.05, 0.1) is 6.10 Å². The van der Waals surface area contributed by atoms with Gasteiger partial charge in [0, 0.05) is 31.6 Å². The molecule has 1 heterocycles. The van der Waals surface area contributed by atoms with E-state index >= 15 is 0 Å². The summed E-state index contributed by atoms with van der Waals surface area (Å²) in [4.78, 5) is 4.31. The third kappa shape index (κ3) is 3.79. The molecule has 94 valence electrons. The largest absolute Gasteiger partial charge is 0.381 e. The fourth-order valence-corrected chi connectivity index (χ4v) is 2.37. The highest BCUT2D eigenvalue weighted by Crippen LogP contribution is 2.20. The van der Waals surface area contributed by atoms with Crippen LogP contribution in [0.25, 0.3) is 0 Å². The molecule has 0 radical (unpaired) electrons. The molecule has 3 heteroatoms. The van der Waals surface area contributed by atoms with Gasteiger partial charge in [-0.3, -0.25) is 4.98 Å². The molecule has 0 spiro atoms. The van der Waals surface area contributed by atoms with Crippen LogP contribution in [0.3, 0.4) is 0 Å². The first-order chi connectivity index (χ1) is 8.28. The lowest BCUT2D eigenvalue weighted by Crippen LogP contribution is -2.34. The number of aryl methyl sites for hydroxylation is 1. The molecule has 0 atom stereocenters. The Labute approximate surface area is 104 Å². The highest BCUT2D eigenvalue weighted by Gasteiger charge is 2.19. The smallest absolute Gasteiger partial charge is 0.0572 e. The number of nitrogens with one attached hydrogen (secondary N) is 1. The van der Waals surface area contributed by atoms with Gasteiger partial charge in [-0.2, -0.15) is 0 Å². The average Bonchev–Trinajstić information content (AvgIpc) is 2.39. The van der Waals surface area contributed by atoms with Crippen molar-refractivity contribution in [2.24, 2.45) is 0 Å². The number of hydrogen-bond donors (Lipinski definition) is 1. The lowest BCUT2D eigenvalue weighted by molar-refractivity contribution is 0.0624. The maximum absolute atomic E-state index is 5.38. The Kier molecular flexibility index (Phi) is 4.51. The lowest BCUT2D eigenvalue weighted by atomic mass is 9.93. The van der Waals surface area contributed by atoms with E-state index in [9.17, 15) is 0 Å². The second-order valence-corrected chi connectivity index (χ2v) is 4.90. The fourth-order valence-electron chi connectivity index (χ4n) is 2.37. The molecule has 17 heavy (non-hydrogen) atoms. The van der Waals surface area contributed by atoms with Gasteiger partial charge in [0.1, 0.15) is 0 Å². The Morgan fingerprint density at radius 1 is 1.29 bits per heavy atom. The summed E-state index contributed by atoms with van der Waals surface area (Å²) < 4.78 is 5.38. The molecule has 0 aromatic carbocycles. The minimum atomic E-state index is 0.481. The van der Waals surface area contributed by atoms with Gasteiger partial charge in [0.25, 0.3) is 0 Å². The number of pyridine rings is 1. The Morgan fingerprint density at radius 2 is 2.06 bits per heavy atom. The van der Waals surface area contributed by atoms with E-state index in [4.69, 9.17) is 4.74 Å². The molecule has 1 aliphatic carbocycles. The summed E-state index contributed by atoms with van der Waals surface area (Å²) >= 11 is 0. The minimum absolute atomic E-state index is 0.481. The minimum Gasteiger partial charge on any atom is -0.381 e. The summed E-state index contributed by atoms with van der Waals surface area (Å²) in [6.45, 7) is 2.94. The van der Waals surface area contributed by atoms with Crippen LogP contribution in [0.4, 0.5) is 0 Å². The van der Waals surface area contributed by atoms with E-state index < -0.39 is 0 Å². The molecule has 0 amide bonds. The molecule has 1 N–H and O–H groups in total. The van der Waals surface area contributed by atoms with Gasteiger partial charge >= 0.3 is 0 Å². The third-order valence-corrected chi connectivity index (χ3v) is 3.58. The van der Waals surface area contributed by atoms with Crippen molar-refractivity contribution in [3.8, 4) is 0 Å². The van der Waals surface area contributed by atoms with E-state index in [0.29, 0.717) is 12.1 Å². The van der Waals surface area contributed by atoms with Gasteiger partial charge in [-0.1, -0.05) is 6.07 Å². The molecule has 1 fully saturated rings. The summed E-state index contributed by atoms with van der Waals surface area (Å²) in [6, 6.07) is 4.86. The Balaban J connectivity index is 1.74. The molecule has 0 unspecified atom stereocenters. The SMILES string of the molecule is COC1CCC(NCc2ccc(C)nc2)CC1. The average molecular weight is 234 g/mol. The van der Waals surface area contributed by atoms with Crippen LogP contribution in [0.1, 0.15) is 36.9 Å². The Morgan fingerprint density at radius 3 is 2.65 bits per heavy atom. The van der Waals surface area contributed by atoms with Gasteiger partial charge in [0.2, 0.25) is 0 Å². The predicted octanol–water partition coefficient (Wildman–Crippen LogP) is 2.44. The van der Waals surface area contributed by atoms with Crippen molar-refractivity contribution in [3.05, 3.63) is 29.6 Å².